The summed E-state index contributed by atoms with van der Waals surface area (Å²) in [7, 11) is -3.96. The number of halogens is 2. The van der Waals surface area contributed by atoms with E-state index < -0.39 is 10.0 Å². The van der Waals surface area contributed by atoms with Gasteiger partial charge in [-0.15, -0.1) is 0 Å². The van der Waals surface area contributed by atoms with Crippen molar-refractivity contribution in [3.63, 3.8) is 0 Å². The van der Waals surface area contributed by atoms with Gasteiger partial charge in [-0.05, 0) is 50.1 Å². The molecule has 2 aromatic carbocycles. The number of likely N-dealkylation sites (tertiary alicyclic amines) is 1. The first-order valence-electron chi connectivity index (χ1n) is 8.60. The molecule has 1 saturated heterocycles. The van der Waals surface area contributed by atoms with E-state index in [-0.39, 0.29) is 23.0 Å². The van der Waals surface area contributed by atoms with Crippen LogP contribution in [-0.2, 0) is 14.8 Å². The van der Waals surface area contributed by atoms with E-state index in [9.17, 15) is 13.2 Å². The Morgan fingerprint density at radius 2 is 1.59 bits per heavy atom. The molecule has 0 radical (unpaired) electrons. The Morgan fingerprint density at radius 1 is 1.04 bits per heavy atom. The first-order chi connectivity index (χ1) is 12.8. The first-order valence-corrected chi connectivity index (χ1v) is 10.8. The predicted octanol–water partition coefficient (Wildman–Crippen LogP) is 4.12. The number of anilines is 1. The third kappa shape index (κ3) is 4.57. The van der Waals surface area contributed by atoms with Crippen molar-refractivity contribution in [2.24, 2.45) is 0 Å². The molecule has 144 valence electrons. The molecule has 0 unspecified atom stereocenters. The number of carbonyl (C=O) groups excluding carboxylic acids is 1. The van der Waals surface area contributed by atoms with Crippen molar-refractivity contribution in [1.29, 1.82) is 0 Å². The van der Waals surface area contributed by atoms with Gasteiger partial charge in [0.15, 0.2) is 0 Å². The summed E-state index contributed by atoms with van der Waals surface area (Å²) < 4.78 is 27.7. The van der Waals surface area contributed by atoms with Gasteiger partial charge in [-0.25, -0.2) is 8.42 Å². The number of nitrogens with zero attached hydrogens (tertiary/aromatic N) is 2. The number of benzene rings is 2. The number of carbonyl (C=O) groups is 1. The third-order valence-electron chi connectivity index (χ3n) is 4.48. The lowest BCUT2D eigenvalue weighted by Crippen LogP contribution is -2.42. The van der Waals surface area contributed by atoms with E-state index in [1.165, 1.54) is 30.3 Å². The fourth-order valence-corrected chi connectivity index (χ4v) is 4.94. The van der Waals surface area contributed by atoms with Crippen LogP contribution in [0.5, 0.6) is 0 Å². The van der Waals surface area contributed by atoms with Gasteiger partial charge in [0.05, 0.1) is 10.6 Å². The van der Waals surface area contributed by atoms with Crippen LogP contribution in [0, 0.1) is 6.92 Å². The summed E-state index contributed by atoms with van der Waals surface area (Å²) in [6.45, 7) is 2.87. The minimum Gasteiger partial charge on any atom is -0.341 e. The number of aryl methyl sites for hydroxylation is 1. The highest BCUT2D eigenvalue weighted by Crippen LogP contribution is 2.30. The highest BCUT2D eigenvalue weighted by atomic mass is 35.5. The number of sulfonamides is 1. The predicted molar refractivity (Wildman–Crippen MR) is 108 cm³/mol. The van der Waals surface area contributed by atoms with Gasteiger partial charge in [-0.3, -0.25) is 9.10 Å². The van der Waals surface area contributed by atoms with E-state index in [2.05, 4.69) is 0 Å². The van der Waals surface area contributed by atoms with Crippen LogP contribution >= 0.6 is 23.2 Å². The molecular formula is C19H20Cl2N2O3S. The summed E-state index contributed by atoms with van der Waals surface area (Å²) in [5, 5.41) is 0.602. The Balaban J connectivity index is 2.02. The lowest BCUT2D eigenvalue weighted by molar-refractivity contribution is -0.128. The molecule has 2 aromatic rings. The van der Waals surface area contributed by atoms with Gasteiger partial charge in [-0.1, -0.05) is 40.9 Å². The van der Waals surface area contributed by atoms with E-state index in [1.54, 1.807) is 17.0 Å². The fraction of sp³-hybridized carbons (Fsp3) is 0.316. The van der Waals surface area contributed by atoms with Crippen molar-refractivity contribution < 1.29 is 13.2 Å². The molecule has 0 bridgehead atoms. The summed E-state index contributed by atoms with van der Waals surface area (Å²) in [6.07, 6.45) is 1.86. The Morgan fingerprint density at radius 3 is 2.15 bits per heavy atom. The van der Waals surface area contributed by atoms with E-state index in [0.29, 0.717) is 23.1 Å². The Bertz CT molecular complexity index is 920. The lowest BCUT2D eigenvalue weighted by atomic mass is 10.2. The SMILES string of the molecule is Cc1ccc(S(=O)(=O)N(CC(=O)N2CCCC2)c2cc(Cl)cc(Cl)c2)cc1. The van der Waals surface area contributed by atoms with Crippen LogP contribution in [0.4, 0.5) is 5.69 Å². The van der Waals surface area contributed by atoms with Crippen LogP contribution in [0.1, 0.15) is 18.4 Å². The molecule has 0 aromatic heterocycles. The smallest absolute Gasteiger partial charge is 0.264 e. The minimum atomic E-state index is -3.96. The molecule has 3 rings (SSSR count). The molecule has 1 aliphatic rings. The molecule has 27 heavy (non-hydrogen) atoms. The Labute approximate surface area is 169 Å². The second kappa shape index (κ2) is 8.09. The maximum atomic E-state index is 13.3. The fourth-order valence-electron chi connectivity index (χ4n) is 3.03. The molecule has 0 saturated carbocycles. The molecule has 0 N–H and O–H groups in total. The van der Waals surface area contributed by atoms with Gasteiger partial charge in [0, 0.05) is 23.1 Å². The largest absolute Gasteiger partial charge is 0.341 e. The van der Waals surface area contributed by atoms with Crippen LogP contribution in [0.3, 0.4) is 0 Å². The molecule has 1 aliphatic heterocycles. The lowest BCUT2D eigenvalue weighted by Gasteiger charge is -2.26. The van der Waals surface area contributed by atoms with Gasteiger partial charge < -0.3 is 4.90 Å². The van der Waals surface area contributed by atoms with Crippen LogP contribution < -0.4 is 4.31 Å². The molecule has 8 heteroatoms. The molecule has 1 fully saturated rings. The Kier molecular flexibility index (Phi) is 5.99. The maximum Gasteiger partial charge on any atom is 0.264 e. The molecule has 5 nitrogen and oxygen atoms in total. The van der Waals surface area contributed by atoms with Crippen molar-refractivity contribution in [1.82, 2.24) is 4.90 Å². The Hall–Kier alpha value is -1.76. The van der Waals surface area contributed by atoms with E-state index >= 15 is 0 Å². The van der Waals surface area contributed by atoms with Crippen molar-refractivity contribution in [2.75, 3.05) is 23.9 Å². The number of amides is 1. The standard InChI is InChI=1S/C19H20Cl2N2O3S/c1-14-4-6-18(7-5-14)27(25,26)23(13-19(24)22-8-2-3-9-22)17-11-15(20)10-16(21)12-17/h4-7,10-12H,2-3,8-9,13H2,1H3. The summed E-state index contributed by atoms with van der Waals surface area (Å²) in [6, 6.07) is 11.0. The molecular weight excluding hydrogens is 407 g/mol. The van der Waals surface area contributed by atoms with Crippen LogP contribution in [-0.4, -0.2) is 38.9 Å². The summed E-state index contributed by atoms with van der Waals surface area (Å²) in [4.78, 5) is 14.5. The van der Waals surface area contributed by atoms with Crippen molar-refractivity contribution in [2.45, 2.75) is 24.7 Å². The number of hydrogen-bond acceptors (Lipinski definition) is 3. The normalized spacial score (nSPS) is 14.4. The molecule has 0 atom stereocenters. The summed E-state index contributed by atoms with van der Waals surface area (Å²) >= 11 is 12.1. The second-order valence-corrected chi connectivity index (χ2v) is 9.28. The summed E-state index contributed by atoms with van der Waals surface area (Å²) in [5.74, 6) is -0.237. The number of rotatable bonds is 5. The molecule has 0 spiro atoms. The van der Waals surface area contributed by atoms with Gasteiger partial charge in [0.25, 0.3) is 10.0 Å². The second-order valence-electron chi connectivity index (χ2n) is 6.54. The summed E-state index contributed by atoms with van der Waals surface area (Å²) in [5.41, 5.74) is 1.21. The van der Waals surface area contributed by atoms with Gasteiger partial charge in [0.1, 0.15) is 6.54 Å². The topological polar surface area (TPSA) is 57.7 Å². The highest BCUT2D eigenvalue weighted by Gasteiger charge is 2.30. The van der Waals surface area contributed by atoms with Crippen molar-refractivity contribution >= 4 is 44.8 Å². The molecule has 1 heterocycles. The highest BCUT2D eigenvalue weighted by molar-refractivity contribution is 7.92. The van der Waals surface area contributed by atoms with Gasteiger partial charge in [-0.2, -0.15) is 0 Å². The van der Waals surface area contributed by atoms with Crippen LogP contribution in [0.2, 0.25) is 10.0 Å². The zero-order chi connectivity index (χ0) is 19.6. The first kappa shape index (κ1) is 20.0. The van der Waals surface area contributed by atoms with Crippen LogP contribution in [0.25, 0.3) is 0 Å². The zero-order valence-corrected chi connectivity index (χ0v) is 17.2. The average molecular weight is 427 g/mol. The zero-order valence-electron chi connectivity index (χ0n) is 14.9. The van der Waals surface area contributed by atoms with E-state index in [0.717, 1.165) is 22.7 Å². The van der Waals surface area contributed by atoms with Crippen molar-refractivity contribution in [3.05, 3.63) is 58.1 Å². The molecule has 0 aliphatic carbocycles. The average Bonchev–Trinajstić information content (AvgIpc) is 3.13. The van der Waals surface area contributed by atoms with E-state index in [4.69, 9.17) is 23.2 Å². The third-order valence-corrected chi connectivity index (χ3v) is 6.71. The number of hydrogen-bond donors (Lipinski definition) is 0. The van der Waals surface area contributed by atoms with Gasteiger partial charge >= 0.3 is 0 Å². The van der Waals surface area contributed by atoms with Crippen LogP contribution in [0.15, 0.2) is 47.4 Å². The van der Waals surface area contributed by atoms with Crippen molar-refractivity contribution in [3.8, 4) is 0 Å². The quantitative estimate of drug-likeness (QED) is 0.722. The maximum absolute atomic E-state index is 13.3. The van der Waals surface area contributed by atoms with Gasteiger partial charge in [0.2, 0.25) is 5.91 Å². The minimum absolute atomic E-state index is 0.110. The monoisotopic (exact) mass is 426 g/mol. The molecule has 1 amide bonds. The van der Waals surface area contributed by atoms with E-state index in [1.807, 2.05) is 6.92 Å².